The maximum Gasteiger partial charge on any atom is 0.408 e. The molecule has 9 heteroatoms. The van der Waals surface area contributed by atoms with Crippen molar-refractivity contribution < 1.29 is 32.6 Å². The van der Waals surface area contributed by atoms with Crippen LogP contribution < -0.4 is 10.0 Å². The van der Waals surface area contributed by atoms with Gasteiger partial charge in [0, 0.05) is 12.0 Å². The lowest BCUT2D eigenvalue weighted by molar-refractivity contribution is -0.577. The number of halogens is 2. The predicted molar refractivity (Wildman–Crippen MR) is 91.7 cm³/mol. The fraction of sp³-hybridized carbons (Fsp3) is 0.389. The van der Waals surface area contributed by atoms with Gasteiger partial charge in [-0.25, -0.2) is 18.4 Å². The summed E-state index contributed by atoms with van der Waals surface area (Å²) in [5.74, 6) is -2.99. The Morgan fingerprint density at radius 1 is 1.22 bits per heavy atom. The lowest BCUT2D eigenvalue weighted by Crippen LogP contribution is -2.45. The number of amides is 1. The van der Waals surface area contributed by atoms with Crippen molar-refractivity contribution in [1.29, 1.82) is 0 Å². The van der Waals surface area contributed by atoms with Crippen molar-refractivity contribution in [2.75, 3.05) is 7.11 Å². The quantitative estimate of drug-likeness (QED) is 0.498. The van der Waals surface area contributed by atoms with Gasteiger partial charge in [0.25, 0.3) is 0 Å². The van der Waals surface area contributed by atoms with Crippen LogP contribution in [0.3, 0.4) is 0 Å². The Balaban J connectivity index is 2.30. The molecule has 1 N–H and O–H groups in total. The minimum atomic E-state index is -1.14. The summed E-state index contributed by atoms with van der Waals surface area (Å²) in [5, 5.41) is 14.6. The van der Waals surface area contributed by atoms with E-state index in [0.717, 1.165) is 25.4 Å². The maximum absolute atomic E-state index is 13.5. The van der Waals surface area contributed by atoms with Crippen molar-refractivity contribution in [3.05, 3.63) is 46.8 Å². The van der Waals surface area contributed by atoms with Gasteiger partial charge in [0.2, 0.25) is 5.52 Å². The number of nitrogens with zero attached hydrogens (tertiary/aromatic N) is 1. The number of pyridine rings is 1. The van der Waals surface area contributed by atoms with Crippen LogP contribution in [0.25, 0.3) is 10.9 Å². The molecule has 0 bridgehead atoms. The highest BCUT2D eigenvalue weighted by Crippen LogP contribution is 2.18. The SMILES string of the molecule is COC(=O)[C@H](Cc1cc2cc(F)c(F)cc2[n+]([O-])c1)NC(=O)OC(C)(C)C. The first-order valence-electron chi connectivity index (χ1n) is 8.08. The van der Waals surface area contributed by atoms with Crippen molar-refractivity contribution in [2.45, 2.75) is 38.8 Å². The van der Waals surface area contributed by atoms with Crippen molar-refractivity contribution in [3.63, 3.8) is 0 Å². The van der Waals surface area contributed by atoms with Gasteiger partial charge in [0.1, 0.15) is 11.6 Å². The third-order valence-corrected chi connectivity index (χ3v) is 3.55. The number of aromatic nitrogens is 1. The molecule has 1 amide bonds. The number of hydrogen-bond donors (Lipinski definition) is 1. The molecule has 27 heavy (non-hydrogen) atoms. The molecule has 146 valence electrons. The monoisotopic (exact) mass is 382 g/mol. The summed E-state index contributed by atoms with van der Waals surface area (Å²) in [4.78, 5) is 23.9. The maximum atomic E-state index is 13.5. The van der Waals surface area contributed by atoms with Crippen LogP contribution in [-0.4, -0.2) is 30.8 Å². The number of benzene rings is 1. The second kappa shape index (κ2) is 7.73. The smallest absolute Gasteiger partial charge is 0.408 e. The molecule has 1 atom stereocenters. The number of rotatable bonds is 4. The van der Waals surface area contributed by atoms with Crippen LogP contribution in [0.1, 0.15) is 26.3 Å². The zero-order chi connectivity index (χ0) is 20.4. The zero-order valence-corrected chi connectivity index (χ0v) is 15.3. The largest absolute Gasteiger partial charge is 0.618 e. The van der Waals surface area contributed by atoms with Crippen molar-refractivity contribution in [2.24, 2.45) is 0 Å². The number of ether oxygens (including phenoxy) is 2. The van der Waals surface area contributed by atoms with E-state index in [1.54, 1.807) is 20.8 Å². The van der Waals surface area contributed by atoms with Crippen molar-refractivity contribution in [3.8, 4) is 0 Å². The lowest BCUT2D eigenvalue weighted by atomic mass is 10.1. The van der Waals surface area contributed by atoms with Crippen molar-refractivity contribution in [1.82, 2.24) is 5.32 Å². The average Bonchev–Trinajstić information content (AvgIpc) is 2.53. The van der Waals surface area contributed by atoms with Crippen LogP contribution in [0.15, 0.2) is 24.4 Å². The number of carbonyl (C=O) groups is 2. The fourth-order valence-corrected chi connectivity index (χ4v) is 2.45. The van der Waals surface area contributed by atoms with E-state index in [-0.39, 0.29) is 17.3 Å². The Hall–Kier alpha value is -2.97. The number of hydrogen-bond acceptors (Lipinski definition) is 5. The molecule has 2 aromatic rings. The second-order valence-electron chi connectivity index (χ2n) is 6.93. The molecule has 2 rings (SSSR count). The Morgan fingerprint density at radius 3 is 2.44 bits per heavy atom. The number of carbonyl (C=O) groups excluding carboxylic acids is 2. The van der Waals surface area contributed by atoms with Gasteiger partial charge >= 0.3 is 12.1 Å². The summed E-state index contributed by atoms with van der Waals surface area (Å²) >= 11 is 0. The number of fused-ring (bicyclic) bond motifs is 1. The van der Waals surface area contributed by atoms with E-state index in [4.69, 9.17) is 4.74 Å². The fourth-order valence-electron chi connectivity index (χ4n) is 2.45. The molecule has 1 aromatic heterocycles. The first kappa shape index (κ1) is 20.3. The summed E-state index contributed by atoms with van der Waals surface area (Å²) < 4.78 is 36.9. The van der Waals surface area contributed by atoms with E-state index in [9.17, 15) is 23.6 Å². The summed E-state index contributed by atoms with van der Waals surface area (Å²) in [7, 11) is 1.15. The van der Waals surface area contributed by atoms with Gasteiger partial charge in [-0.05, 0) is 32.9 Å². The minimum Gasteiger partial charge on any atom is -0.618 e. The molecule has 1 heterocycles. The molecule has 0 aliphatic carbocycles. The standard InChI is InChI=1S/C18H20F2N2O5/c1-18(2,3)27-17(24)21-14(16(23)26-4)6-10-5-11-7-12(19)13(20)8-15(11)22(25)9-10/h5,7-9,14H,6H2,1-4H3,(H,21,24)/t14-/m0/s1. The number of alkyl carbamates (subject to hydrolysis) is 1. The number of methoxy groups -OCH3 is 1. The van der Waals surface area contributed by atoms with E-state index in [1.165, 1.54) is 6.07 Å². The van der Waals surface area contributed by atoms with Gasteiger partial charge in [-0.1, -0.05) is 0 Å². The first-order valence-corrected chi connectivity index (χ1v) is 8.08. The second-order valence-corrected chi connectivity index (χ2v) is 6.93. The van der Waals surface area contributed by atoms with Crippen LogP contribution in [0.2, 0.25) is 0 Å². The van der Waals surface area contributed by atoms with Crippen LogP contribution in [-0.2, 0) is 20.7 Å². The minimum absolute atomic E-state index is 0.0626. The normalized spacial score (nSPS) is 12.5. The molecule has 0 unspecified atom stereocenters. The van der Waals surface area contributed by atoms with Crippen LogP contribution in [0.5, 0.6) is 0 Å². The van der Waals surface area contributed by atoms with Gasteiger partial charge in [0.15, 0.2) is 17.8 Å². The first-order chi connectivity index (χ1) is 12.5. The Bertz CT molecular complexity index is 880. The molecule has 7 nitrogen and oxygen atoms in total. The molecular weight excluding hydrogens is 362 g/mol. The van der Waals surface area contributed by atoms with Gasteiger partial charge in [-0.15, -0.1) is 0 Å². The number of nitrogens with one attached hydrogen (secondary N) is 1. The van der Waals surface area contributed by atoms with Crippen LogP contribution >= 0.6 is 0 Å². The molecular formula is C18H20F2N2O5. The Morgan fingerprint density at radius 2 is 1.85 bits per heavy atom. The molecule has 0 fully saturated rings. The molecule has 0 aliphatic rings. The van der Waals surface area contributed by atoms with Crippen LogP contribution in [0.4, 0.5) is 13.6 Å². The lowest BCUT2D eigenvalue weighted by Gasteiger charge is -2.22. The van der Waals surface area contributed by atoms with E-state index in [0.29, 0.717) is 10.3 Å². The summed E-state index contributed by atoms with van der Waals surface area (Å²) in [6.45, 7) is 4.99. The predicted octanol–water partition coefficient (Wildman–Crippen LogP) is 2.36. The molecule has 0 saturated carbocycles. The van der Waals surface area contributed by atoms with E-state index < -0.39 is 35.3 Å². The van der Waals surface area contributed by atoms with Gasteiger partial charge in [0.05, 0.1) is 18.6 Å². The van der Waals surface area contributed by atoms with Crippen molar-refractivity contribution >= 4 is 23.0 Å². The molecule has 0 saturated heterocycles. The molecule has 0 spiro atoms. The summed E-state index contributed by atoms with van der Waals surface area (Å²) in [6.07, 6.45) is 0.178. The van der Waals surface area contributed by atoms with Gasteiger partial charge < -0.3 is 20.0 Å². The molecule has 0 aliphatic heterocycles. The van der Waals surface area contributed by atoms with E-state index >= 15 is 0 Å². The Labute approximate surface area is 154 Å². The molecule has 1 aromatic carbocycles. The van der Waals surface area contributed by atoms with Gasteiger partial charge in [-0.3, -0.25) is 0 Å². The summed E-state index contributed by atoms with van der Waals surface area (Å²) in [5.41, 5.74) is -0.518. The average molecular weight is 382 g/mol. The zero-order valence-electron chi connectivity index (χ0n) is 15.3. The third-order valence-electron chi connectivity index (χ3n) is 3.55. The summed E-state index contributed by atoms with van der Waals surface area (Å²) in [6, 6.07) is 1.97. The highest BCUT2D eigenvalue weighted by Gasteiger charge is 2.26. The topological polar surface area (TPSA) is 91.6 Å². The molecule has 0 radical (unpaired) electrons. The van der Waals surface area contributed by atoms with Crippen LogP contribution in [0, 0.1) is 16.8 Å². The third kappa shape index (κ3) is 5.25. The highest BCUT2D eigenvalue weighted by atomic mass is 19.2. The Kier molecular flexibility index (Phi) is 5.82. The van der Waals surface area contributed by atoms with Gasteiger partial charge in [-0.2, -0.15) is 4.73 Å². The highest BCUT2D eigenvalue weighted by molar-refractivity contribution is 5.82. The van der Waals surface area contributed by atoms with E-state index in [1.807, 2.05) is 0 Å². The number of esters is 1. The van der Waals surface area contributed by atoms with E-state index in [2.05, 4.69) is 10.1 Å².